The lowest BCUT2D eigenvalue weighted by Crippen LogP contribution is -2.57. The van der Waals surface area contributed by atoms with Gasteiger partial charge in [-0.25, -0.2) is 0 Å². The SMILES string of the molecule is CCNC(=O)C(COC(=O)Cc1ccc(NC(=O)c2ccccc2-c2ccccc2)cc1)(C(=O)NCC)c1ccccc1. The van der Waals surface area contributed by atoms with Gasteiger partial charge in [0.1, 0.15) is 6.61 Å². The molecule has 0 aliphatic rings. The molecule has 0 fully saturated rings. The van der Waals surface area contributed by atoms with Crippen LogP contribution in [0.1, 0.15) is 35.3 Å². The van der Waals surface area contributed by atoms with E-state index in [0.29, 0.717) is 35.5 Å². The van der Waals surface area contributed by atoms with Crippen LogP contribution in [-0.2, 0) is 31.0 Å². The number of benzene rings is 4. The number of carbonyl (C=O) groups is 4. The molecule has 0 heterocycles. The molecule has 43 heavy (non-hydrogen) atoms. The minimum Gasteiger partial charge on any atom is -0.463 e. The maximum Gasteiger partial charge on any atom is 0.310 e. The number of amides is 3. The quantitative estimate of drug-likeness (QED) is 0.164. The summed E-state index contributed by atoms with van der Waals surface area (Å²) in [6.45, 7) is 3.67. The fourth-order valence-electron chi connectivity index (χ4n) is 4.79. The van der Waals surface area contributed by atoms with Crippen molar-refractivity contribution >= 4 is 29.4 Å². The molecule has 0 radical (unpaired) electrons. The smallest absolute Gasteiger partial charge is 0.310 e. The van der Waals surface area contributed by atoms with Crippen LogP contribution in [0.25, 0.3) is 11.1 Å². The largest absolute Gasteiger partial charge is 0.463 e. The third-order valence-electron chi connectivity index (χ3n) is 6.98. The van der Waals surface area contributed by atoms with E-state index >= 15 is 0 Å². The molecule has 4 aromatic rings. The number of hydrogen-bond acceptors (Lipinski definition) is 5. The van der Waals surface area contributed by atoms with Gasteiger partial charge in [-0.1, -0.05) is 91.0 Å². The van der Waals surface area contributed by atoms with Crippen molar-refractivity contribution in [1.82, 2.24) is 10.6 Å². The van der Waals surface area contributed by atoms with Crippen molar-refractivity contribution in [2.24, 2.45) is 0 Å². The van der Waals surface area contributed by atoms with E-state index in [9.17, 15) is 19.2 Å². The first-order chi connectivity index (χ1) is 20.9. The molecule has 220 valence electrons. The Bertz CT molecular complexity index is 1540. The maximum absolute atomic E-state index is 13.3. The predicted octanol–water partition coefficient (Wildman–Crippen LogP) is 4.90. The summed E-state index contributed by atoms with van der Waals surface area (Å²) in [6, 6.07) is 32.5. The van der Waals surface area contributed by atoms with Crippen molar-refractivity contribution in [1.29, 1.82) is 0 Å². The standard InChI is InChI=1S/C35H35N3O5/c1-3-36-33(41)35(34(42)37-4-2,27-15-9-6-10-16-27)24-43-31(39)23-25-19-21-28(22-20-25)38-32(40)30-18-12-11-17-29(30)26-13-7-5-8-14-26/h5-22H,3-4,23-24H2,1-2H3,(H,36,41)(H,37,42)(H,38,40). The van der Waals surface area contributed by atoms with Crippen molar-refractivity contribution < 1.29 is 23.9 Å². The van der Waals surface area contributed by atoms with Gasteiger partial charge in [0.15, 0.2) is 5.41 Å². The second-order valence-corrected chi connectivity index (χ2v) is 9.89. The Hall–Kier alpha value is -5.24. The van der Waals surface area contributed by atoms with Crippen LogP contribution in [-0.4, -0.2) is 43.4 Å². The van der Waals surface area contributed by atoms with Gasteiger partial charge >= 0.3 is 5.97 Å². The number of carbonyl (C=O) groups excluding carboxylic acids is 4. The number of ether oxygens (including phenoxy) is 1. The Morgan fingerprint density at radius 3 is 1.84 bits per heavy atom. The molecule has 0 atom stereocenters. The van der Waals surface area contributed by atoms with Gasteiger partial charge in [-0.3, -0.25) is 19.2 Å². The van der Waals surface area contributed by atoms with E-state index in [1.54, 1.807) is 74.5 Å². The Kier molecular flexibility index (Phi) is 10.4. The van der Waals surface area contributed by atoms with Crippen molar-refractivity contribution in [2.45, 2.75) is 25.7 Å². The first-order valence-corrected chi connectivity index (χ1v) is 14.2. The monoisotopic (exact) mass is 577 g/mol. The van der Waals surface area contributed by atoms with Crippen LogP contribution in [0.2, 0.25) is 0 Å². The Labute approximate surface area is 251 Å². The van der Waals surface area contributed by atoms with Gasteiger partial charge in [-0.05, 0) is 54.3 Å². The molecule has 0 aromatic heterocycles. The normalized spacial score (nSPS) is 10.8. The van der Waals surface area contributed by atoms with Crippen LogP contribution in [0.3, 0.4) is 0 Å². The third-order valence-corrected chi connectivity index (χ3v) is 6.98. The van der Waals surface area contributed by atoms with Gasteiger partial charge in [0.2, 0.25) is 11.8 Å². The van der Waals surface area contributed by atoms with E-state index in [-0.39, 0.29) is 12.3 Å². The molecule has 0 saturated carbocycles. The van der Waals surface area contributed by atoms with Crippen LogP contribution < -0.4 is 16.0 Å². The minimum atomic E-state index is -1.74. The topological polar surface area (TPSA) is 114 Å². The van der Waals surface area contributed by atoms with Crippen molar-refractivity contribution in [3.63, 3.8) is 0 Å². The van der Waals surface area contributed by atoms with Crippen LogP contribution in [0.15, 0.2) is 109 Å². The highest BCUT2D eigenvalue weighted by Gasteiger charge is 2.48. The lowest BCUT2D eigenvalue weighted by molar-refractivity contribution is -0.150. The van der Waals surface area contributed by atoms with Crippen LogP contribution in [0, 0.1) is 0 Å². The number of anilines is 1. The molecule has 3 N–H and O–H groups in total. The van der Waals surface area contributed by atoms with Gasteiger partial charge in [0, 0.05) is 24.3 Å². The van der Waals surface area contributed by atoms with Gasteiger partial charge < -0.3 is 20.7 Å². The highest BCUT2D eigenvalue weighted by Crippen LogP contribution is 2.27. The summed E-state index contributed by atoms with van der Waals surface area (Å²) in [5.74, 6) is -1.94. The molecule has 0 aliphatic heterocycles. The zero-order valence-corrected chi connectivity index (χ0v) is 24.3. The molecule has 4 aromatic carbocycles. The Morgan fingerprint density at radius 2 is 1.23 bits per heavy atom. The number of nitrogens with one attached hydrogen (secondary N) is 3. The van der Waals surface area contributed by atoms with Crippen LogP contribution in [0.4, 0.5) is 5.69 Å². The Balaban J connectivity index is 1.44. The first-order valence-electron chi connectivity index (χ1n) is 14.2. The first kappa shape index (κ1) is 30.7. The maximum atomic E-state index is 13.3. The number of rotatable bonds is 12. The third kappa shape index (κ3) is 7.35. The van der Waals surface area contributed by atoms with E-state index in [4.69, 9.17) is 4.74 Å². The van der Waals surface area contributed by atoms with Crippen LogP contribution >= 0.6 is 0 Å². The summed E-state index contributed by atoms with van der Waals surface area (Å²) >= 11 is 0. The second kappa shape index (κ2) is 14.6. The summed E-state index contributed by atoms with van der Waals surface area (Å²) in [7, 11) is 0. The van der Waals surface area contributed by atoms with Crippen molar-refractivity contribution in [2.75, 3.05) is 25.0 Å². The molecule has 0 bridgehead atoms. The van der Waals surface area contributed by atoms with Crippen molar-refractivity contribution in [3.8, 4) is 11.1 Å². The van der Waals surface area contributed by atoms with E-state index < -0.39 is 29.8 Å². The molecular formula is C35H35N3O5. The summed E-state index contributed by atoms with van der Waals surface area (Å²) in [4.78, 5) is 52.6. The summed E-state index contributed by atoms with van der Waals surface area (Å²) in [5.41, 5.74) is 2.21. The lowest BCUT2D eigenvalue weighted by atomic mass is 9.79. The van der Waals surface area contributed by atoms with Crippen molar-refractivity contribution in [3.05, 3.63) is 126 Å². The van der Waals surface area contributed by atoms with Gasteiger partial charge in [0.25, 0.3) is 5.91 Å². The number of hydrogen-bond donors (Lipinski definition) is 3. The van der Waals surface area contributed by atoms with Crippen LogP contribution in [0.5, 0.6) is 0 Å². The highest BCUT2D eigenvalue weighted by atomic mass is 16.5. The molecule has 0 saturated heterocycles. The fraction of sp³-hybridized carbons (Fsp3) is 0.200. The molecule has 0 unspecified atom stereocenters. The average Bonchev–Trinajstić information content (AvgIpc) is 3.03. The summed E-state index contributed by atoms with van der Waals surface area (Å²) < 4.78 is 5.58. The number of esters is 1. The lowest BCUT2D eigenvalue weighted by Gasteiger charge is -2.31. The highest BCUT2D eigenvalue weighted by molar-refractivity contribution is 6.11. The van der Waals surface area contributed by atoms with Gasteiger partial charge in [0.05, 0.1) is 6.42 Å². The Morgan fingerprint density at radius 1 is 0.674 bits per heavy atom. The average molecular weight is 578 g/mol. The summed E-state index contributed by atoms with van der Waals surface area (Å²) in [6.07, 6.45) is -0.0826. The zero-order chi connectivity index (χ0) is 30.7. The molecule has 0 spiro atoms. The molecule has 4 rings (SSSR count). The fourth-order valence-corrected chi connectivity index (χ4v) is 4.79. The number of likely N-dealkylation sites (N-methyl/N-ethyl adjacent to an activating group) is 2. The van der Waals surface area contributed by atoms with E-state index in [1.807, 2.05) is 48.5 Å². The molecule has 8 nitrogen and oxygen atoms in total. The van der Waals surface area contributed by atoms with E-state index in [0.717, 1.165) is 11.1 Å². The minimum absolute atomic E-state index is 0.0826. The summed E-state index contributed by atoms with van der Waals surface area (Å²) in [5, 5.41) is 8.35. The molecule has 3 amide bonds. The zero-order valence-electron chi connectivity index (χ0n) is 24.3. The van der Waals surface area contributed by atoms with Gasteiger partial charge in [-0.15, -0.1) is 0 Å². The molecule has 0 aliphatic carbocycles. The van der Waals surface area contributed by atoms with E-state index in [2.05, 4.69) is 16.0 Å². The molecular weight excluding hydrogens is 542 g/mol. The van der Waals surface area contributed by atoms with E-state index in [1.165, 1.54) is 0 Å². The van der Waals surface area contributed by atoms with Gasteiger partial charge in [-0.2, -0.15) is 0 Å². The second-order valence-electron chi connectivity index (χ2n) is 9.89. The predicted molar refractivity (Wildman–Crippen MR) is 166 cm³/mol. The molecule has 8 heteroatoms.